The Kier molecular flexibility index (Phi) is 1.75. The van der Waals surface area contributed by atoms with E-state index in [9.17, 15) is 0 Å². The number of nitriles is 1. The number of thioether (sulfide) groups is 1. The number of amidine groups is 1. The van der Waals surface area contributed by atoms with E-state index in [2.05, 4.69) is 10.3 Å². The second-order valence-corrected chi connectivity index (χ2v) is 2.29. The standard InChI is InChI=1S/C4H4N3S/c5-3-7-4-6-1-2-8-4/h1-2H2. The lowest BCUT2D eigenvalue weighted by molar-refractivity contribution is 0.999. The molecule has 3 nitrogen and oxygen atoms in total. The van der Waals surface area contributed by atoms with Crippen LogP contribution in [0.25, 0.3) is 0 Å². The van der Waals surface area contributed by atoms with Gasteiger partial charge >= 0.3 is 0 Å². The molecule has 0 unspecified atom stereocenters. The molecular weight excluding hydrogens is 122 g/mol. The minimum absolute atomic E-state index is 0.632. The molecule has 0 amide bonds. The van der Waals surface area contributed by atoms with Gasteiger partial charge in [0.25, 0.3) is 0 Å². The normalized spacial score (nSPS) is 22.6. The van der Waals surface area contributed by atoms with Gasteiger partial charge in [0, 0.05) is 5.75 Å². The average Bonchev–Trinajstić information content (AvgIpc) is 2.19. The van der Waals surface area contributed by atoms with Crippen molar-refractivity contribution in [2.24, 2.45) is 4.99 Å². The van der Waals surface area contributed by atoms with E-state index in [1.165, 1.54) is 11.8 Å². The zero-order valence-electron chi connectivity index (χ0n) is 4.16. The van der Waals surface area contributed by atoms with Crippen LogP contribution < -0.4 is 5.32 Å². The second-order valence-electron chi connectivity index (χ2n) is 1.22. The number of hydrogen-bond acceptors (Lipinski definition) is 3. The fourth-order valence-corrected chi connectivity index (χ4v) is 1.09. The van der Waals surface area contributed by atoms with Crippen LogP contribution in [0.3, 0.4) is 0 Å². The quantitative estimate of drug-likeness (QED) is 0.434. The third kappa shape index (κ3) is 1.14. The maximum Gasteiger partial charge on any atom is 0.208 e. The summed E-state index contributed by atoms with van der Waals surface area (Å²) in [5.74, 6) is 0.973. The molecule has 0 aromatic heterocycles. The number of nitrogens with zero attached hydrogens (tertiary/aromatic N) is 3. The van der Waals surface area contributed by atoms with Crippen molar-refractivity contribution in [3.8, 4) is 6.19 Å². The van der Waals surface area contributed by atoms with Crippen LogP contribution in [0.1, 0.15) is 0 Å². The zero-order valence-corrected chi connectivity index (χ0v) is 4.98. The first-order valence-electron chi connectivity index (χ1n) is 2.20. The molecule has 0 bridgehead atoms. The van der Waals surface area contributed by atoms with Crippen molar-refractivity contribution in [2.45, 2.75) is 0 Å². The first-order chi connectivity index (χ1) is 3.93. The van der Waals surface area contributed by atoms with E-state index < -0.39 is 0 Å². The van der Waals surface area contributed by atoms with Crippen molar-refractivity contribution in [2.75, 3.05) is 12.3 Å². The fourth-order valence-electron chi connectivity index (χ4n) is 0.434. The Balaban J connectivity index is 2.48. The molecule has 1 saturated heterocycles. The van der Waals surface area contributed by atoms with Gasteiger partial charge in [-0.3, -0.25) is 5.32 Å². The second kappa shape index (κ2) is 2.58. The lowest BCUT2D eigenvalue weighted by Crippen LogP contribution is -2.02. The lowest BCUT2D eigenvalue weighted by Gasteiger charge is -1.81. The van der Waals surface area contributed by atoms with E-state index in [-0.39, 0.29) is 0 Å². The Morgan fingerprint density at radius 3 is 3.25 bits per heavy atom. The van der Waals surface area contributed by atoms with Crippen LogP contribution in [0.2, 0.25) is 0 Å². The van der Waals surface area contributed by atoms with Crippen molar-refractivity contribution in [3.63, 3.8) is 0 Å². The number of hydrogen-bond donors (Lipinski definition) is 0. The Morgan fingerprint density at radius 2 is 2.75 bits per heavy atom. The minimum atomic E-state index is 0.632. The van der Waals surface area contributed by atoms with Gasteiger partial charge in [0.2, 0.25) is 6.19 Å². The highest BCUT2D eigenvalue weighted by molar-refractivity contribution is 8.14. The van der Waals surface area contributed by atoms with E-state index in [0.717, 1.165) is 12.3 Å². The number of rotatable bonds is 0. The first-order valence-corrected chi connectivity index (χ1v) is 3.19. The van der Waals surface area contributed by atoms with Crippen LogP contribution >= 0.6 is 11.8 Å². The summed E-state index contributed by atoms with van der Waals surface area (Å²) in [4.78, 5) is 3.44. The Bertz CT molecular complexity index is 138. The highest BCUT2D eigenvalue weighted by atomic mass is 32.2. The zero-order chi connectivity index (χ0) is 5.82. The maximum atomic E-state index is 8.02. The van der Waals surface area contributed by atoms with Gasteiger partial charge in [-0.2, -0.15) is 5.26 Å². The molecule has 0 spiro atoms. The summed E-state index contributed by atoms with van der Waals surface area (Å²) < 4.78 is 0. The third-order valence-corrected chi connectivity index (χ3v) is 1.58. The molecule has 0 atom stereocenters. The summed E-state index contributed by atoms with van der Waals surface area (Å²) in [6.07, 6.45) is 1.68. The smallest absolute Gasteiger partial charge is 0.208 e. The Hall–Kier alpha value is -0.690. The van der Waals surface area contributed by atoms with Crippen LogP contribution in [0, 0.1) is 11.5 Å². The molecule has 0 aromatic carbocycles. The van der Waals surface area contributed by atoms with Crippen molar-refractivity contribution in [1.29, 1.82) is 5.26 Å². The molecule has 8 heavy (non-hydrogen) atoms. The summed E-state index contributed by atoms with van der Waals surface area (Å²) in [6.45, 7) is 0.811. The van der Waals surface area contributed by atoms with Crippen molar-refractivity contribution < 1.29 is 0 Å². The van der Waals surface area contributed by atoms with Gasteiger partial charge in [0.1, 0.15) is 0 Å². The first kappa shape index (κ1) is 5.45. The predicted octanol–water partition coefficient (Wildman–Crippen LogP) is 0.175. The van der Waals surface area contributed by atoms with Crippen LogP contribution in [-0.4, -0.2) is 17.5 Å². The molecule has 1 radical (unpaired) electrons. The molecule has 1 aliphatic rings. The summed E-state index contributed by atoms with van der Waals surface area (Å²) in [6, 6.07) is 0. The maximum absolute atomic E-state index is 8.02. The van der Waals surface area contributed by atoms with Crippen LogP contribution in [0.4, 0.5) is 0 Å². The molecule has 0 aromatic rings. The Labute approximate surface area is 51.8 Å². The van der Waals surface area contributed by atoms with E-state index in [1.807, 2.05) is 0 Å². The predicted molar refractivity (Wildman–Crippen MR) is 32.5 cm³/mol. The summed E-state index contributed by atoms with van der Waals surface area (Å²) in [5.41, 5.74) is 0. The topological polar surface area (TPSA) is 50.2 Å². The minimum Gasteiger partial charge on any atom is -0.259 e. The van der Waals surface area contributed by atoms with E-state index in [1.54, 1.807) is 6.19 Å². The highest BCUT2D eigenvalue weighted by Crippen LogP contribution is 2.07. The van der Waals surface area contributed by atoms with Gasteiger partial charge < -0.3 is 0 Å². The van der Waals surface area contributed by atoms with E-state index in [0.29, 0.717) is 5.17 Å². The van der Waals surface area contributed by atoms with Crippen molar-refractivity contribution in [1.82, 2.24) is 5.32 Å². The van der Waals surface area contributed by atoms with Crippen molar-refractivity contribution >= 4 is 16.9 Å². The molecule has 1 aliphatic heterocycles. The molecule has 0 saturated carbocycles. The van der Waals surface area contributed by atoms with Gasteiger partial charge in [0.05, 0.1) is 6.54 Å². The van der Waals surface area contributed by atoms with Gasteiger partial charge in [-0.25, -0.2) is 0 Å². The average molecular weight is 126 g/mol. The third-order valence-electron chi connectivity index (χ3n) is 0.715. The summed E-state index contributed by atoms with van der Waals surface area (Å²) in [5, 5.41) is 12.6. The van der Waals surface area contributed by atoms with Crippen molar-refractivity contribution in [3.05, 3.63) is 0 Å². The van der Waals surface area contributed by atoms with Crippen LogP contribution in [0.5, 0.6) is 0 Å². The van der Waals surface area contributed by atoms with Gasteiger partial charge in [-0.15, -0.1) is 4.99 Å². The van der Waals surface area contributed by atoms with E-state index >= 15 is 0 Å². The SMILES string of the molecule is N#CN=C1[N]CCS1. The van der Waals surface area contributed by atoms with E-state index in [4.69, 9.17) is 5.26 Å². The molecule has 1 fully saturated rings. The molecule has 0 aliphatic carbocycles. The number of aliphatic imine (C=N–C) groups is 1. The largest absolute Gasteiger partial charge is 0.259 e. The highest BCUT2D eigenvalue weighted by Gasteiger charge is 2.07. The van der Waals surface area contributed by atoms with Gasteiger partial charge in [-0.05, 0) is 0 Å². The Morgan fingerprint density at radius 1 is 1.88 bits per heavy atom. The molecule has 41 valence electrons. The van der Waals surface area contributed by atoms with Gasteiger partial charge in [0.15, 0.2) is 5.17 Å². The molecular formula is C4H4N3S. The molecule has 4 heteroatoms. The summed E-state index contributed by atoms with van der Waals surface area (Å²) >= 11 is 1.53. The molecule has 1 rings (SSSR count). The molecule has 0 N–H and O–H groups in total. The van der Waals surface area contributed by atoms with Crippen LogP contribution in [-0.2, 0) is 0 Å². The molecule has 1 heterocycles. The monoisotopic (exact) mass is 126 g/mol. The summed E-state index contributed by atoms with van der Waals surface area (Å²) in [7, 11) is 0. The lowest BCUT2D eigenvalue weighted by atomic mass is 10.8. The van der Waals surface area contributed by atoms with Gasteiger partial charge in [-0.1, -0.05) is 11.8 Å². The van der Waals surface area contributed by atoms with Crippen LogP contribution in [0.15, 0.2) is 4.99 Å². The fraction of sp³-hybridized carbons (Fsp3) is 0.500.